The predicted octanol–water partition coefficient (Wildman–Crippen LogP) is -1.69. The molecule has 0 saturated heterocycles. The maximum atomic E-state index is 10.6. The summed E-state index contributed by atoms with van der Waals surface area (Å²) in [6.07, 6.45) is 0. The van der Waals surface area contributed by atoms with E-state index in [4.69, 9.17) is 10.2 Å². The zero-order valence-electron chi connectivity index (χ0n) is 7.61. The van der Waals surface area contributed by atoms with Crippen molar-refractivity contribution >= 4 is 23.4 Å². The van der Waals surface area contributed by atoms with Gasteiger partial charge in [0, 0.05) is 14.1 Å². The third kappa shape index (κ3) is 3.09. The number of nitrogens with zero attached hydrogens (tertiary/aromatic N) is 2. The van der Waals surface area contributed by atoms with Crippen molar-refractivity contribution in [2.75, 3.05) is 14.1 Å². The Labute approximate surface area is 79.3 Å². The second-order valence-corrected chi connectivity index (χ2v) is 1.98. The molecule has 0 heterocycles. The summed E-state index contributed by atoms with van der Waals surface area (Å²) >= 11 is 0. The smallest absolute Gasteiger partial charge is 0.358 e. The van der Waals surface area contributed by atoms with E-state index in [9.17, 15) is 9.59 Å². The van der Waals surface area contributed by atoms with Crippen molar-refractivity contribution in [3.05, 3.63) is 0 Å². The van der Waals surface area contributed by atoms with E-state index in [2.05, 4.69) is 21.1 Å². The van der Waals surface area contributed by atoms with Gasteiger partial charge in [-0.05, 0) is 0 Å². The van der Waals surface area contributed by atoms with Gasteiger partial charge in [-0.25, -0.2) is 9.59 Å². The van der Waals surface area contributed by atoms with Crippen molar-refractivity contribution in [2.24, 2.45) is 10.2 Å². The summed E-state index contributed by atoms with van der Waals surface area (Å²) in [6.45, 7) is 0. The molecule has 0 aromatic carbocycles. The first-order valence-corrected chi connectivity index (χ1v) is 3.50. The van der Waals surface area contributed by atoms with E-state index in [0.717, 1.165) is 0 Å². The SMILES string of the molecule is CNN=C(C(=O)O)C(=NNC)C(=O)O. The fourth-order valence-corrected chi connectivity index (χ4v) is 0.628. The van der Waals surface area contributed by atoms with E-state index in [-0.39, 0.29) is 0 Å². The molecule has 0 aliphatic heterocycles. The molecule has 0 fully saturated rings. The van der Waals surface area contributed by atoms with Gasteiger partial charge in [-0.15, -0.1) is 0 Å². The van der Waals surface area contributed by atoms with Gasteiger partial charge in [0.2, 0.25) is 11.4 Å². The highest BCUT2D eigenvalue weighted by Crippen LogP contribution is 1.86. The average molecular weight is 202 g/mol. The Balaban J connectivity index is 5.15. The summed E-state index contributed by atoms with van der Waals surface area (Å²) in [5.74, 6) is -2.95. The quantitative estimate of drug-likeness (QED) is 0.311. The highest BCUT2D eigenvalue weighted by Gasteiger charge is 2.24. The van der Waals surface area contributed by atoms with Crippen molar-refractivity contribution < 1.29 is 19.8 Å². The Kier molecular flexibility index (Phi) is 4.68. The van der Waals surface area contributed by atoms with Crippen molar-refractivity contribution in [2.45, 2.75) is 0 Å². The number of carboxylic acids is 2. The van der Waals surface area contributed by atoms with Crippen molar-refractivity contribution in [3.8, 4) is 0 Å². The molecular formula is C6H10N4O4. The van der Waals surface area contributed by atoms with Crippen LogP contribution < -0.4 is 10.9 Å². The number of carbonyl (C=O) groups is 2. The molecule has 4 N–H and O–H groups in total. The third-order valence-corrected chi connectivity index (χ3v) is 1.08. The summed E-state index contributed by atoms with van der Waals surface area (Å²) in [7, 11) is 2.70. The number of hydrogen-bond donors (Lipinski definition) is 4. The van der Waals surface area contributed by atoms with Gasteiger partial charge in [0.15, 0.2) is 0 Å². The number of nitrogens with one attached hydrogen (secondary N) is 2. The predicted molar refractivity (Wildman–Crippen MR) is 48.3 cm³/mol. The number of aliphatic carboxylic acids is 2. The summed E-state index contributed by atoms with van der Waals surface area (Å²) in [5.41, 5.74) is 3.01. The van der Waals surface area contributed by atoms with Crippen LogP contribution in [0.25, 0.3) is 0 Å². The Morgan fingerprint density at radius 2 is 1.21 bits per heavy atom. The van der Waals surface area contributed by atoms with Gasteiger partial charge in [-0.2, -0.15) is 10.2 Å². The van der Waals surface area contributed by atoms with Crippen molar-refractivity contribution in [1.82, 2.24) is 10.9 Å². The lowest BCUT2D eigenvalue weighted by molar-refractivity contribution is -0.131. The van der Waals surface area contributed by atoms with Crippen LogP contribution in [0.2, 0.25) is 0 Å². The molecule has 0 aliphatic carbocycles. The van der Waals surface area contributed by atoms with E-state index >= 15 is 0 Å². The van der Waals surface area contributed by atoms with E-state index < -0.39 is 23.4 Å². The minimum Gasteiger partial charge on any atom is -0.476 e. The highest BCUT2D eigenvalue weighted by atomic mass is 16.4. The van der Waals surface area contributed by atoms with Crippen LogP contribution in [0.1, 0.15) is 0 Å². The molecule has 14 heavy (non-hydrogen) atoms. The van der Waals surface area contributed by atoms with Crippen LogP contribution in [0.4, 0.5) is 0 Å². The molecule has 0 saturated carbocycles. The van der Waals surface area contributed by atoms with E-state index in [1.165, 1.54) is 14.1 Å². The number of hydrazone groups is 2. The zero-order valence-corrected chi connectivity index (χ0v) is 7.61. The van der Waals surface area contributed by atoms with Crippen LogP contribution in [0, 0.1) is 0 Å². The fraction of sp³-hybridized carbons (Fsp3) is 0.333. The van der Waals surface area contributed by atoms with Crippen LogP contribution >= 0.6 is 0 Å². The lowest BCUT2D eigenvalue weighted by atomic mass is 10.2. The van der Waals surface area contributed by atoms with Crippen LogP contribution in [0.5, 0.6) is 0 Å². The Bertz CT molecular complexity index is 266. The van der Waals surface area contributed by atoms with E-state index in [1.54, 1.807) is 0 Å². The monoisotopic (exact) mass is 202 g/mol. The van der Waals surface area contributed by atoms with Gasteiger partial charge in [0.1, 0.15) is 0 Å². The molecule has 78 valence electrons. The van der Waals surface area contributed by atoms with Crippen LogP contribution in [0.3, 0.4) is 0 Å². The average Bonchev–Trinajstić information content (AvgIpc) is 2.10. The molecular weight excluding hydrogens is 192 g/mol. The molecule has 0 radical (unpaired) electrons. The van der Waals surface area contributed by atoms with Crippen LogP contribution in [-0.2, 0) is 9.59 Å². The Hall–Kier alpha value is -2.12. The summed E-state index contributed by atoms with van der Waals surface area (Å²) in [5, 5.41) is 23.8. The van der Waals surface area contributed by atoms with Gasteiger partial charge in [0.25, 0.3) is 0 Å². The highest BCUT2D eigenvalue weighted by molar-refractivity contribution is 6.78. The molecule has 0 aromatic heterocycles. The first-order valence-electron chi connectivity index (χ1n) is 3.50. The van der Waals surface area contributed by atoms with Crippen LogP contribution in [0.15, 0.2) is 10.2 Å². The van der Waals surface area contributed by atoms with Crippen LogP contribution in [-0.4, -0.2) is 47.7 Å². The standard InChI is InChI=1S/C6H10N4O4/c1-7-9-3(5(11)12)4(6(13)14)10-8-2/h7-8H,1-2H3,(H,11,12)(H,13,14). The van der Waals surface area contributed by atoms with Gasteiger partial charge >= 0.3 is 11.9 Å². The zero-order chi connectivity index (χ0) is 11.1. The topological polar surface area (TPSA) is 123 Å². The molecule has 8 nitrogen and oxygen atoms in total. The second-order valence-electron chi connectivity index (χ2n) is 1.98. The minimum absolute atomic E-state index is 0.672. The fourth-order valence-electron chi connectivity index (χ4n) is 0.628. The Morgan fingerprint density at radius 1 is 0.929 bits per heavy atom. The van der Waals surface area contributed by atoms with E-state index in [1.807, 2.05) is 0 Å². The van der Waals surface area contributed by atoms with Gasteiger partial charge in [0.05, 0.1) is 0 Å². The number of hydrogen-bond acceptors (Lipinski definition) is 6. The summed E-state index contributed by atoms with van der Waals surface area (Å²) in [4.78, 5) is 21.1. The van der Waals surface area contributed by atoms with E-state index in [0.29, 0.717) is 0 Å². The largest absolute Gasteiger partial charge is 0.476 e. The minimum atomic E-state index is -1.48. The molecule has 0 aliphatic rings. The Morgan fingerprint density at radius 3 is 1.36 bits per heavy atom. The first-order chi connectivity index (χ1) is 6.54. The second kappa shape index (κ2) is 5.51. The van der Waals surface area contributed by atoms with Gasteiger partial charge < -0.3 is 21.1 Å². The molecule has 0 rings (SSSR count). The van der Waals surface area contributed by atoms with Gasteiger partial charge in [-0.1, -0.05) is 0 Å². The normalized spacial score (nSPS) is 12.1. The third-order valence-electron chi connectivity index (χ3n) is 1.08. The van der Waals surface area contributed by atoms with Gasteiger partial charge in [-0.3, -0.25) is 0 Å². The molecule has 0 aromatic rings. The van der Waals surface area contributed by atoms with Crippen molar-refractivity contribution in [1.29, 1.82) is 0 Å². The molecule has 0 amide bonds. The summed E-state index contributed by atoms with van der Waals surface area (Å²) < 4.78 is 0. The molecule has 0 unspecified atom stereocenters. The lowest BCUT2D eigenvalue weighted by Gasteiger charge is -2.00. The molecule has 0 spiro atoms. The first kappa shape index (κ1) is 11.9. The summed E-state index contributed by atoms with van der Waals surface area (Å²) in [6, 6.07) is 0. The lowest BCUT2D eigenvalue weighted by Crippen LogP contribution is -2.33. The maximum absolute atomic E-state index is 10.6. The van der Waals surface area contributed by atoms with Crippen molar-refractivity contribution in [3.63, 3.8) is 0 Å². The molecule has 8 heteroatoms. The maximum Gasteiger partial charge on any atom is 0.358 e. The number of rotatable bonds is 5. The number of carboxylic acid groups (broad SMARTS) is 2. The molecule has 0 atom stereocenters. The molecule has 0 bridgehead atoms.